The van der Waals surface area contributed by atoms with E-state index < -0.39 is 16.6 Å². The van der Waals surface area contributed by atoms with Crippen LogP contribution in [0.3, 0.4) is 0 Å². The second kappa shape index (κ2) is 5.98. The molecule has 0 rings (SSSR count). The van der Waals surface area contributed by atoms with Crippen molar-refractivity contribution in [2.45, 2.75) is 52.6 Å². The minimum absolute atomic E-state index is 0.00979. The fraction of sp³-hybridized carbons (Fsp3) is 0.909. The standard InChI is InChI=1S/C11H27NO2Si2/c1-10(8-9-12-15(2,3)4)11(13)14-16(5,6)7/h10,12H,8-9H2,1-7H3. The highest BCUT2D eigenvalue weighted by Gasteiger charge is 2.24. The summed E-state index contributed by atoms with van der Waals surface area (Å²) < 4.78 is 5.47. The van der Waals surface area contributed by atoms with Gasteiger partial charge in [0.1, 0.15) is 8.24 Å². The van der Waals surface area contributed by atoms with Gasteiger partial charge in [-0.05, 0) is 32.6 Å². The molecule has 3 nitrogen and oxygen atoms in total. The molecule has 1 atom stereocenters. The van der Waals surface area contributed by atoms with Gasteiger partial charge < -0.3 is 9.41 Å². The lowest BCUT2D eigenvalue weighted by Crippen LogP contribution is -2.42. The number of nitrogens with one attached hydrogen (secondary N) is 1. The average molecular weight is 262 g/mol. The summed E-state index contributed by atoms with van der Waals surface area (Å²) in [7, 11) is -2.92. The lowest BCUT2D eigenvalue weighted by Gasteiger charge is -2.22. The third-order valence-corrected chi connectivity index (χ3v) is 4.17. The topological polar surface area (TPSA) is 38.3 Å². The molecule has 5 heteroatoms. The zero-order chi connectivity index (χ0) is 13.0. The molecular formula is C11H27NO2Si2. The number of rotatable bonds is 6. The second-order valence-corrected chi connectivity index (χ2v) is 15.7. The Morgan fingerprint density at radius 2 is 1.69 bits per heavy atom. The number of carbonyl (C=O) groups is 1. The summed E-state index contributed by atoms with van der Waals surface area (Å²) >= 11 is 0. The van der Waals surface area contributed by atoms with E-state index >= 15 is 0 Å². The Bertz CT molecular complexity index is 231. The van der Waals surface area contributed by atoms with Gasteiger partial charge in [-0.25, -0.2) is 0 Å². The SMILES string of the molecule is CC(CCN[Si](C)(C)C)C(=O)O[Si](C)(C)C. The third-order valence-electron chi connectivity index (χ3n) is 2.04. The Hall–Kier alpha value is -0.136. The van der Waals surface area contributed by atoms with Crippen LogP contribution in [0, 0.1) is 5.92 Å². The molecule has 1 unspecified atom stereocenters. The van der Waals surface area contributed by atoms with E-state index in [1.807, 2.05) is 26.6 Å². The van der Waals surface area contributed by atoms with Gasteiger partial charge in [-0.15, -0.1) is 0 Å². The fourth-order valence-corrected chi connectivity index (χ4v) is 2.88. The predicted octanol–water partition coefficient (Wildman–Crippen LogP) is 2.82. The first-order chi connectivity index (χ1) is 7.01. The predicted molar refractivity (Wildman–Crippen MR) is 74.6 cm³/mol. The lowest BCUT2D eigenvalue weighted by molar-refractivity contribution is -0.139. The molecule has 0 heterocycles. The average Bonchev–Trinajstić information content (AvgIpc) is 1.98. The highest BCUT2D eigenvalue weighted by Crippen LogP contribution is 2.10. The molecule has 0 fully saturated rings. The molecule has 0 amide bonds. The molecule has 0 aromatic carbocycles. The molecule has 0 bridgehead atoms. The van der Waals surface area contributed by atoms with E-state index in [1.165, 1.54) is 0 Å². The van der Waals surface area contributed by atoms with Gasteiger partial charge in [-0.1, -0.05) is 26.6 Å². The van der Waals surface area contributed by atoms with Crippen LogP contribution in [-0.4, -0.2) is 29.1 Å². The fourth-order valence-electron chi connectivity index (χ4n) is 1.18. The Balaban J connectivity index is 3.89. The van der Waals surface area contributed by atoms with Crippen LogP contribution in [0.15, 0.2) is 0 Å². The van der Waals surface area contributed by atoms with E-state index in [1.54, 1.807) is 0 Å². The quantitative estimate of drug-likeness (QED) is 0.747. The van der Waals surface area contributed by atoms with Gasteiger partial charge >= 0.3 is 0 Å². The molecule has 16 heavy (non-hydrogen) atoms. The Morgan fingerprint density at radius 3 is 2.06 bits per heavy atom. The number of hydrogen-bond acceptors (Lipinski definition) is 3. The zero-order valence-electron chi connectivity index (χ0n) is 11.8. The first-order valence-electron chi connectivity index (χ1n) is 5.99. The molecule has 0 aromatic heterocycles. The largest absolute Gasteiger partial charge is 0.520 e. The zero-order valence-corrected chi connectivity index (χ0v) is 13.8. The van der Waals surface area contributed by atoms with Crippen LogP contribution in [-0.2, 0) is 9.22 Å². The van der Waals surface area contributed by atoms with Crippen molar-refractivity contribution in [3.63, 3.8) is 0 Å². The molecule has 0 aliphatic heterocycles. The van der Waals surface area contributed by atoms with Crippen molar-refractivity contribution in [2.75, 3.05) is 6.54 Å². The van der Waals surface area contributed by atoms with Crippen LogP contribution in [0.25, 0.3) is 0 Å². The Labute approximate surface area is 102 Å². The summed E-state index contributed by atoms with van der Waals surface area (Å²) in [5.41, 5.74) is 0. The number of carbonyl (C=O) groups excluding carboxylic acids is 1. The molecule has 0 spiro atoms. The summed E-state index contributed by atoms with van der Waals surface area (Å²) in [6, 6.07) is 0. The van der Waals surface area contributed by atoms with Crippen molar-refractivity contribution in [3.8, 4) is 0 Å². The maximum atomic E-state index is 11.7. The molecule has 1 N–H and O–H groups in total. The first-order valence-corrected chi connectivity index (χ1v) is 12.9. The molecule has 96 valence electrons. The monoisotopic (exact) mass is 261 g/mol. The highest BCUT2D eigenvalue weighted by molar-refractivity contribution is 6.73. The van der Waals surface area contributed by atoms with Gasteiger partial charge in [-0.3, -0.25) is 4.79 Å². The van der Waals surface area contributed by atoms with Crippen molar-refractivity contribution in [2.24, 2.45) is 5.92 Å². The Kier molecular flexibility index (Phi) is 5.93. The van der Waals surface area contributed by atoms with Crippen LogP contribution >= 0.6 is 0 Å². The van der Waals surface area contributed by atoms with Crippen molar-refractivity contribution >= 4 is 22.5 Å². The van der Waals surface area contributed by atoms with Gasteiger partial charge in [0.15, 0.2) is 0 Å². The Morgan fingerprint density at radius 1 is 1.19 bits per heavy atom. The highest BCUT2D eigenvalue weighted by atomic mass is 28.4. The molecular weight excluding hydrogens is 234 g/mol. The smallest absolute Gasteiger partial charge is 0.295 e. The summed E-state index contributed by atoms with van der Waals surface area (Å²) in [4.78, 5) is 15.2. The van der Waals surface area contributed by atoms with Gasteiger partial charge in [0.05, 0.1) is 5.92 Å². The maximum Gasteiger partial charge on any atom is 0.295 e. The van der Waals surface area contributed by atoms with E-state index in [4.69, 9.17) is 4.43 Å². The summed E-state index contributed by atoms with van der Waals surface area (Å²) in [5.74, 6) is -0.0212. The van der Waals surface area contributed by atoms with Gasteiger partial charge in [0.25, 0.3) is 5.97 Å². The summed E-state index contributed by atoms with van der Waals surface area (Å²) in [6.45, 7) is 15.8. The molecule has 0 saturated carbocycles. The van der Waals surface area contributed by atoms with Crippen molar-refractivity contribution in [1.82, 2.24) is 4.98 Å². The van der Waals surface area contributed by atoms with E-state index in [9.17, 15) is 4.79 Å². The lowest BCUT2D eigenvalue weighted by atomic mass is 10.1. The van der Waals surface area contributed by atoms with Gasteiger partial charge in [-0.2, -0.15) is 0 Å². The van der Waals surface area contributed by atoms with Crippen LogP contribution in [0.4, 0.5) is 0 Å². The minimum atomic E-state index is -1.72. The normalized spacial score (nSPS) is 14.7. The molecule has 0 aromatic rings. The van der Waals surface area contributed by atoms with Crippen LogP contribution in [0.2, 0.25) is 39.3 Å². The molecule has 0 saturated heterocycles. The maximum absolute atomic E-state index is 11.7. The van der Waals surface area contributed by atoms with E-state index in [2.05, 4.69) is 24.6 Å². The van der Waals surface area contributed by atoms with E-state index in [-0.39, 0.29) is 11.9 Å². The third kappa shape index (κ3) is 9.12. The molecule has 0 aliphatic carbocycles. The van der Waals surface area contributed by atoms with E-state index in [0.29, 0.717) is 0 Å². The molecule has 0 radical (unpaired) electrons. The van der Waals surface area contributed by atoms with Crippen molar-refractivity contribution in [3.05, 3.63) is 0 Å². The van der Waals surface area contributed by atoms with Gasteiger partial charge in [0.2, 0.25) is 8.32 Å². The van der Waals surface area contributed by atoms with Crippen LogP contribution < -0.4 is 4.98 Å². The number of hydrogen-bond donors (Lipinski definition) is 1. The van der Waals surface area contributed by atoms with Crippen LogP contribution in [0.5, 0.6) is 0 Å². The summed E-state index contributed by atoms with van der Waals surface area (Å²) in [6.07, 6.45) is 0.869. The van der Waals surface area contributed by atoms with Gasteiger partial charge in [0, 0.05) is 0 Å². The van der Waals surface area contributed by atoms with Crippen LogP contribution in [0.1, 0.15) is 13.3 Å². The molecule has 0 aliphatic rings. The minimum Gasteiger partial charge on any atom is -0.520 e. The second-order valence-electron chi connectivity index (χ2n) is 6.40. The summed E-state index contributed by atoms with van der Waals surface area (Å²) in [5, 5.41) is 0. The van der Waals surface area contributed by atoms with Crippen molar-refractivity contribution < 1.29 is 9.22 Å². The van der Waals surface area contributed by atoms with Crippen molar-refractivity contribution in [1.29, 1.82) is 0 Å². The first kappa shape index (κ1) is 15.9. The van der Waals surface area contributed by atoms with E-state index in [0.717, 1.165) is 13.0 Å².